The molecule has 1 aromatic rings. The molecule has 1 unspecified atom stereocenters. The van der Waals surface area contributed by atoms with Crippen molar-refractivity contribution in [2.75, 3.05) is 20.2 Å². The minimum atomic E-state index is 0.231. The largest absolute Gasteiger partial charge is 0.494 e. The van der Waals surface area contributed by atoms with E-state index < -0.39 is 0 Å². The van der Waals surface area contributed by atoms with Gasteiger partial charge in [0.25, 0.3) is 0 Å². The number of aryl methyl sites for hydroxylation is 1. The van der Waals surface area contributed by atoms with E-state index in [0.29, 0.717) is 6.04 Å². The van der Waals surface area contributed by atoms with Crippen LogP contribution in [0.15, 0.2) is 18.2 Å². The molecule has 1 saturated heterocycles. The Labute approximate surface area is 122 Å². The number of ether oxygens (including phenoxy) is 1. The maximum Gasteiger partial charge on any atom is 0.119 e. The molecule has 2 atom stereocenters. The maximum atomic E-state index is 6.06. The molecule has 0 saturated carbocycles. The van der Waals surface area contributed by atoms with E-state index >= 15 is 0 Å². The molecule has 0 bridgehead atoms. The van der Waals surface area contributed by atoms with Crippen LogP contribution in [0.5, 0.6) is 5.75 Å². The number of nitrogens with two attached hydrogens (primary N) is 1. The van der Waals surface area contributed by atoms with Crippen LogP contribution in [-0.2, 0) is 6.42 Å². The summed E-state index contributed by atoms with van der Waals surface area (Å²) < 4.78 is 5.95. The Hall–Kier alpha value is -1.06. The number of piperidine rings is 1. The van der Waals surface area contributed by atoms with E-state index in [-0.39, 0.29) is 6.04 Å². The topological polar surface area (TPSA) is 38.5 Å². The first-order chi connectivity index (χ1) is 9.74. The zero-order valence-corrected chi connectivity index (χ0v) is 12.5. The fourth-order valence-corrected chi connectivity index (χ4v) is 3.54. The van der Waals surface area contributed by atoms with Crippen LogP contribution in [0.3, 0.4) is 0 Å². The van der Waals surface area contributed by atoms with Crippen molar-refractivity contribution < 1.29 is 4.74 Å². The van der Waals surface area contributed by atoms with Gasteiger partial charge >= 0.3 is 0 Å². The summed E-state index contributed by atoms with van der Waals surface area (Å²) in [5.41, 5.74) is 8.75. The predicted molar refractivity (Wildman–Crippen MR) is 82.1 cm³/mol. The van der Waals surface area contributed by atoms with Crippen molar-refractivity contribution in [2.24, 2.45) is 5.73 Å². The van der Waals surface area contributed by atoms with Crippen molar-refractivity contribution in [2.45, 2.75) is 50.6 Å². The molecule has 2 aliphatic rings. The van der Waals surface area contributed by atoms with E-state index in [2.05, 4.69) is 30.1 Å². The Morgan fingerprint density at radius 1 is 1.30 bits per heavy atom. The summed E-state index contributed by atoms with van der Waals surface area (Å²) in [6.07, 6.45) is 7.33. The first kappa shape index (κ1) is 13.9. The van der Waals surface area contributed by atoms with E-state index in [0.717, 1.165) is 31.6 Å². The highest BCUT2D eigenvalue weighted by Crippen LogP contribution is 2.32. The smallest absolute Gasteiger partial charge is 0.119 e. The lowest BCUT2D eigenvalue weighted by atomic mass is 10.0. The predicted octanol–water partition coefficient (Wildman–Crippen LogP) is 2.89. The van der Waals surface area contributed by atoms with Crippen LogP contribution in [0.1, 0.15) is 49.3 Å². The molecular formula is C17H26N2O. The molecule has 0 amide bonds. The molecule has 2 N–H and O–H groups in total. The molecule has 110 valence electrons. The standard InChI is InChI=1S/C17H26N2O/c1-19-10-3-2-4-14(19)9-11-20-15-6-7-16-13(12-15)5-8-17(16)18/h6-7,12,14,17H,2-5,8-11,18H2,1H3/t14?,17-/m0/s1. The van der Waals surface area contributed by atoms with Crippen LogP contribution in [0.25, 0.3) is 0 Å². The van der Waals surface area contributed by atoms with E-state index in [4.69, 9.17) is 10.5 Å². The van der Waals surface area contributed by atoms with E-state index in [1.165, 1.54) is 36.9 Å². The van der Waals surface area contributed by atoms with Gasteiger partial charge in [-0.25, -0.2) is 0 Å². The monoisotopic (exact) mass is 274 g/mol. The summed E-state index contributed by atoms with van der Waals surface area (Å²) in [7, 11) is 2.24. The van der Waals surface area contributed by atoms with Gasteiger partial charge in [0, 0.05) is 12.1 Å². The van der Waals surface area contributed by atoms with Gasteiger partial charge in [0.15, 0.2) is 0 Å². The normalized spacial score (nSPS) is 26.5. The van der Waals surface area contributed by atoms with Gasteiger partial charge in [0.1, 0.15) is 5.75 Å². The van der Waals surface area contributed by atoms with Crippen molar-refractivity contribution in [1.29, 1.82) is 0 Å². The Morgan fingerprint density at radius 2 is 2.20 bits per heavy atom. The van der Waals surface area contributed by atoms with Crippen LogP contribution in [0.4, 0.5) is 0 Å². The molecule has 0 spiro atoms. The Kier molecular flexibility index (Phi) is 4.27. The minimum Gasteiger partial charge on any atom is -0.494 e. The summed E-state index contributed by atoms with van der Waals surface area (Å²) in [5, 5.41) is 0. The average molecular weight is 274 g/mol. The fourth-order valence-electron chi connectivity index (χ4n) is 3.54. The molecule has 0 radical (unpaired) electrons. The highest BCUT2D eigenvalue weighted by atomic mass is 16.5. The van der Waals surface area contributed by atoms with Crippen molar-refractivity contribution in [3.63, 3.8) is 0 Å². The highest BCUT2D eigenvalue weighted by Gasteiger charge is 2.20. The number of likely N-dealkylation sites (tertiary alicyclic amines) is 1. The van der Waals surface area contributed by atoms with E-state index in [9.17, 15) is 0 Å². The summed E-state index contributed by atoms with van der Waals surface area (Å²) in [4.78, 5) is 2.48. The zero-order chi connectivity index (χ0) is 13.9. The molecule has 0 aromatic heterocycles. The van der Waals surface area contributed by atoms with Crippen LogP contribution in [-0.4, -0.2) is 31.1 Å². The Bertz CT molecular complexity index is 460. The van der Waals surface area contributed by atoms with Crippen LogP contribution in [0, 0.1) is 0 Å². The molecule has 1 aliphatic carbocycles. The second-order valence-electron chi connectivity index (χ2n) is 6.27. The third kappa shape index (κ3) is 2.99. The van der Waals surface area contributed by atoms with Crippen molar-refractivity contribution in [3.05, 3.63) is 29.3 Å². The van der Waals surface area contributed by atoms with Crippen molar-refractivity contribution in [1.82, 2.24) is 4.90 Å². The molecule has 1 heterocycles. The molecule has 1 aromatic carbocycles. The highest BCUT2D eigenvalue weighted by molar-refractivity contribution is 5.40. The summed E-state index contributed by atoms with van der Waals surface area (Å²) in [6, 6.07) is 7.35. The second-order valence-corrected chi connectivity index (χ2v) is 6.27. The third-order valence-electron chi connectivity index (χ3n) is 4.88. The number of fused-ring (bicyclic) bond motifs is 1. The molecule has 1 aliphatic heterocycles. The Morgan fingerprint density at radius 3 is 3.05 bits per heavy atom. The van der Waals surface area contributed by atoms with Crippen LogP contribution in [0.2, 0.25) is 0 Å². The quantitative estimate of drug-likeness (QED) is 0.917. The lowest BCUT2D eigenvalue weighted by Gasteiger charge is -2.32. The van der Waals surface area contributed by atoms with Gasteiger partial charge in [-0.1, -0.05) is 12.5 Å². The molecule has 20 heavy (non-hydrogen) atoms. The van der Waals surface area contributed by atoms with E-state index in [1.807, 2.05) is 0 Å². The number of rotatable bonds is 4. The van der Waals surface area contributed by atoms with Gasteiger partial charge in [0.2, 0.25) is 0 Å². The number of benzene rings is 1. The van der Waals surface area contributed by atoms with Crippen molar-refractivity contribution >= 4 is 0 Å². The fraction of sp³-hybridized carbons (Fsp3) is 0.647. The summed E-state index contributed by atoms with van der Waals surface area (Å²) >= 11 is 0. The number of nitrogens with zero attached hydrogens (tertiary/aromatic N) is 1. The molecule has 3 rings (SSSR count). The van der Waals surface area contributed by atoms with Gasteiger partial charge < -0.3 is 15.4 Å². The summed E-state index contributed by atoms with van der Waals surface area (Å²) in [6.45, 7) is 2.06. The summed E-state index contributed by atoms with van der Waals surface area (Å²) in [5.74, 6) is 1.01. The van der Waals surface area contributed by atoms with Crippen molar-refractivity contribution in [3.8, 4) is 5.75 Å². The average Bonchev–Trinajstić information content (AvgIpc) is 2.82. The second kappa shape index (κ2) is 6.15. The van der Waals surface area contributed by atoms with Gasteiger partial charge in [-0.3, -0.25) is 0 Å². The third-order valence-corrected chi connectivity index (χ3v) is 4.88. The molecule has 3 nitrogen and oxygen atoms in total. The minimum absolute atomic E-state index is 0.231. The molecule has 3 heteroatoms. The SMILES string of the molecule is CN1CCCCC1CCOc1ccc2c(c1)CC[C@@H]2N. The van der Waals surface area contributed by atoms with E-state index in [1.54, 1.807) is 0 Å². The number of hydrogen-bond acceptors (Lipinski definition) is 3. The van der Waals surface area contributed by atoms with Crippen LogP contribution >= 0.6 is 0 Å². The maximum absolute atomic E-state index is 6.06. The lowest BCUT2D eigenvalue weighted by Crippen LogP contribution is -2.37. The number of hydrogen-bond donors (Lipinski definition) is 1. The molecular weight excluding hydrogens is 248 g/mol. The Balaban J connectivity index is 1.51. The van der Waals surface area contributed by atoms with Gasteiger partial charge in [0.05, 0.1) is 6.61 Å². The van der Waals surface area contributed by atoms with Crippen LogP contribution < -0.4 is 10.5 Å². The van der Waals surface area contributed by atoms with Gasteiger partial charge in [-0.15, -0.1) is 0 Å². The van der Waals surface area contributed by atoms with Gasteiger partial charge in [-0.2, -0.15) is 0 Å². The lowest BCUT2D eigenvalue weighted by molar-refractivity contribution is 0.153. The first-order valence-corrected chi connectivity index (χ1v) is 7.95. The zero-order valence-electron chi connectivity index (χ0n) is 12.5. The molecule has 1 fully saturated rings. The van der Waals surface area contributed by atoms with Gasteiger partial charge in [-0.05, 0) is 69.0 Å². The first-order valence-electron chi connectivity index (χ1n) is 7.95.